The molecule has 0 spiro atoms. The first-order chi connectivity index (χ1) is 9.10. The van der Waals surface area contributed by atoms with E-state index in [1.54, 1.807) is 6.92 Å². The van der Waals surface area contributed by atoms with Crippen molar-refractivity contribution in [2.75, 3.05) is 12.3 Å². The van der Waals surface area contributed by atoms with Crippen molar-refractivity contribution in [2.24, 2.45) is 0 Å². The van der Waals surface area contributed by atoms with Gasteiger partial charge in [0.05, 0.1) is 29.7 Å². The minimum absolute atomic E-state index is 0.288. The van der Waals surface area contributed by atoms with Crippen molar-refractivity contribution in [2.45, 2.75) is 24.1 Å². The molecule has 7 heteroatoms. The number of anilines is 1. The summed E-state index contributed by atoms with van der Waals surface area (Å²) < 4.78 is 10.2. The van der Waals surface area contributed by atoms with Crippen LogP contribution in [0.2, 0.25) is 0 Å². The Morgan fingerprint density at radius 1 is 1.58 bits per heavy atom. The van der Waals surface area contributed by atoms with Crippen LogP contribution in [0.4, 0.5) is 5.69 Å². The molecule has 2 aromatic heterocycles. The van der Waals surface area contributed by atoms with Gasteiger partial charge in [-0.25, -0.2) is 14.8 Å². The second-order valence-corrected chi connectivity index (χ2v) is 4.64. The number of ether oxygens (including phenoxy) is 1. The van der Waals surface area contributed by atoms with Crippen molar-refractivity contribution in [3.63, 3.8) is 0 Å². The van der Waals surface area contributed by atoms with Crippen LogP contribution in [-0.4, -0.2) is 22.5 Å². The van der Waals surface area contributed by atoms with Gasteiger partial charge in [-0.1, -0.05) is 0 Å². The van der Waals surface area contributed by atoms with Gasteiger partial charge >= 0.3 is 5.97 Å². The smallest absolute Gasteiger partial charge is 0.340 e. The van der Waals surface area contributed by atoms with Crippen LogP contribution in [0.3, 0.4) is 0 Å². The van der Waals surface area contributed by atoms with Gasteiger partial charge in [0.15, 0.2) is 0 Å². The number of pyridine rings is 1. The lowest BCUT2D eigenvalue weighted by Gasteiger charge is -2.06. The molecule has 0 unspecified atom stereocenters. The summed E-state index contributed by atoms with van der Waals surface area (Å²) in [6.07, 6.45) is 3.00. The Hall–Kier alpha value is -2.02. The van der Waals surface area contributed by atoms with Crippen molar-refractivity contribution in [1.29, 1.82) is 0 Å². The molecule has 0 radical (unpaired) electrons. The molecule has 0 aliphatic rings. The Balaban J connectivity index is 2.31. The third-order valence-corrected chi connectivity index (χ3v) is 3.03. The highest BCUT2D eigenvalue weighted by Gasteiger charge is 2.17. The first-order valence-electron chi connectivity index (χ1n) is 5.62. The lowest BCUT2D eigenvalue weighted by atomic mass is 10.3. The number of aromatic nitrogens is 2. The third kappa shape index (κ3) is 3.25. The molecule has 0 aliphatic carbocycles. The summed E-state index contributed by atoms with van der Waals surface area (Å²) in [7, 11) is 0. The maximum Gasteiger partial charge on any atom is 0.340 e. The molecule has 19 heavy (non-hydrogen) atoms. The minimum atomic E-state index is -0.465. The lowest BCUT2D eigenvalue weighted by Crippen LogP contribution is -2.08. The molecule has 0 aliphatic heterocycles. The molecule has 2 heterocycles. The number of hydrogen-bond acceptors (Lipinski definition) is 7. The van der Waals surface area contributed by atoms with Crippen LogP contribution in [-0.2, 0) is 4.74 Å². The number of nitrogens with two attached hydrogens (primary N) is 1. The summed E-state index contributed by atoms with van der Waals surface area (Å²) in [5, 5.41) is 0.870. The number of hydrogen-bond donors (Lipinski definition) is 1. The second-order valence-electron chi connectivity index (χ2n) is 3.70. The van der Waals surface area contributed by atoms with Gasteiger partial charge in [0.25, 0.3) is 5.22 Å². The van der Waals surface area contributed by atoms with Crippen molar-refractivity contribution >= 4 is 23.4 Å². The Morgan fingerprint density at radius 2 is 2.37 bits per heavy atom. The molecule has 100 valence electrons. The number of carbonyl (C=O) groups excluding carboxylic acids is 1. The predicted molar refractivity (Wildman–Crippen MR) is 70.0 cm³/mol. The fourth-order valence-corrected chi connectivity index (χ4v) is 2.18. The summed E-state index contributed by atoms with van der Waals surface area (Å²) in [6.45, 7) is 3.84. The number of rotatable bonds is 4. The number of aryl methyl sites for hydroxylation is 1. The topological polar surface area (TPSA) is 91.2 Å². The lowest BCUT2D eigenvalue weighted by molar-refractivity contribution is 0.0521. The van der Waals surface area contributed by atoms with E-state index in [-0.39, 0.29) is 6.61 Å². The quantitative estimate of drug-likeness (QED) is 0.858. The van der Waals surface area contributed by atoms with Gasteiger partial charge in [-0.2, -0.15) is 0 Å². The molecule has 0 atom stereocenters. The number of esters is 1. The number of oxazole rings is 1. The van der Waals surface area contributed by atoms with Crippen molar-refractivity contribution in [3.05, 3.63) is 29.8 Å². The maximum absolute atomic E-state index is 11.8. The normalized spacial score (nSPS) is 10.4. The molecular weight excluding hydrogens is 266 g/mol. The van der Waals surface area contributed by atoms with Gasteiger partial charge in [0.2, 0.25) is 0 Å². The molecule has 2 N–H and O–H groups in total. The monoisotopic (exact) mass is 279 g/mol. The predicted octanol–water partition coefficient (Wildman–Crippen LogP) is 2.29. The molecule has 2 rings (SSSR count). The van der Waals surface area contributed by atoms with E-state index in [4.69, 9.17) is 14.9 Å². The van der Waals surface area contributed by atoms with Crippen molar-refractivity contribution < 1.29 is 13.9 Å². The fourth-order valence-electron chi connectivity index (χ4n) is 1.37. The highest BCUT2D eigenvalue weighted by Crippen LogP contribution is 2.29. The summed E-state index contributed by atoms with van der Waals surface area (Å²) in [4.78, 5) is 20.1. The molecule has 0 fully saturated rings. The molecule has 0 aromatic carbocycles. The van der Waals surface area contributed by atoms with E-state index >= 15 is 0 Å². The number of nitrogen functional groups attached to an aromatic ring is 1. The van der Waals surface area contributed by atoms with E-state index in [1.165, 1.54) is 18.5 Å². The van der Waals surface area contributed by atoms with Crippen LogP contribution in [0.5, 0.6) is 0 Å². The number of nitrogens with zero attached hydrogens (tertiary/aromatic N) is 2. The average molecular weight is 279 g/mol. The first kappa shape index (κ1) is 13.4. The molecule has 0 amide bonds. The molecule has 2 aromatic rings. The minimum Gasteiger partial charge on any atom is -0.462 e. The Morgan fingerprint density at radius 3 is 3.00 bits per heavy atom. The van der Waals surface area contributed by atoms with Crippen LogP contribution in [0.25, 0.3) is 0 Å². The van der Waals surface area contributed by atoms with Crippen LogP contribution < -0.4 is 5.73 Å². The second kappa shape index (κ2) is 5.75. The maximum atomic E-state index is 11.8. The average Bonchev–Trinajstić information content (AvgIpc) is 2.77. The van der Waals surface area contributed by atoms with Crippen molar-refractivity contribution in [3.8, 4) is 0 Å². The van der Waals surface area contributed by atoms with Gasteiger partial charge in [0.1, 0.15) is 11.3 Å². The zero-order valence-electron chi connectivity index (χ0n) is 10.5. The van der Waals surface area contributed by atoms with Crippen molar-refractivity contribution in [1.82, 2.24) is 9.97 Å². The van der Waals surface area contributed by atoms with E-state index in [1.807, 2.05) is 6.92 Å². The summed E-state index contributed by atoms with van der Waals surface area (Å²) in [5.41, 5.74) is 7.11. The van der Waals surface area contributed by atoms with Crippen LogP contribution in [0.1, 0.15) is 23.0 Å². The van der Waals surface area contributed by atoms with Gasteiger partial charge in [0, 0.05) is 0 Å². The first-order valence-corrected chi connectivity index (χ1v) is 6.44. The summed E-state index contributed by atoms with van der Waals surface area (Å²) >= 11 is 1.15. The molecule has 0 saturated carbocycles. The largest absolute Gasteiger partial charge is 0.462 e. The van der Waals surface area contributed by atoms with Gasteiger partial charge in [-0.15, -0.1) is 0 Å². The zero-order valence-corrected chi connectivity index (χ0v) is 11.4. The summed E-state index contributed by atoms with van der Waals surface area (Å²) in [6, 6.07) is 1.53. The van der Waals surface area contributed by atoms with E-state index in [2.05, 4.69) is 9.97 Å². The van der Waals surface area contributed by atoms with E-state index in [0.29, 0.717) is 21.5 Å². The van der Waals surface area contributed by atoms with Gasteiger partial charge in [-0.3, -0.25) is 0 Å². The molecule has 0 saturated heterocycles. The van der Waals surface area contributed by atoms with Crippen LogP contribution in [0.15, 0.2) is 33.2 Å². The molecule has 0 bridgehead atoms. The van der Waals surface area contributed by atoms with E-state index < -0.39 is 5.97 Å². The molecular formula is C12H13N3O3S. The Labute approximate surface area is 114 Å². The van der Waals surface area contributed by atoms with E-state index in [0.717, 1.165) is 17.5 Å². The zero-order chi connectivity index (χ0) is 13.8. The van der Waals surface area contributed by atoms with Gasteiger partial charge < -0.3 is 14.9 Å². The summed E-state index contributed by atoms with van der Waals surface area (Å²) in [5.74, 6) is -0.465. The highest BCUT2D eigenvalue weighted by molar-refractivity contribution is 7.99. The Kier molecular flexibility index (Phi) is 4.06. The molecule has 6 nitrogen and oxygen atoms in total. The SMILES string of the molecule is CCOC(=O)c1cc(N)cnc1Sc1nc(C)co1. The fraction of sp³-hybridized carbons (Fsp3) is 0.250. The Bertz CT molecular complexity index is 598. The van der Waals surface area contributed by atoms with Crippen LogP contribution >= 0.6 is 11.8 Å². The van der Waals surface area contributed by atoms with E-state index in [9.17, 15) is 4.79 Å². The van der Waals surface area contributed by atoms with Crippen LogP contribution in [0, 0.1) is 6.92 Å². The highest BCUT2D eigenvalue weighted by atomic mass is 32.2. The number of carbonyl (C=O) groups is 1. The standard InChI is InChI=1S/C12H13N3O3S/c1-3-17-11(16)9-4-8(13)5-14-10(9)19-12-15-7(2)6-18-12/h4-6H,3,13H2,1-2H3. The third-order valence-electron chi connectivity index (χ3n) is 2.15. The van der Waals surface area contributed by atoms with Gasteiger partial charge in [-0.05, 0) is 31.7 Å².